The number of ether oxygens (including phenoxy) is 1. The number of aryl methyl sites for hydroxylation is 1. The van der Waals surface area contributed by atoms with Crippen molar-refractivity contribution in [1.82, 2.24) is 5.32 Å². The maximum atomic E-state index is 6.00. The average Bonchev–Trinajstić information content (AvgIpc) is 2.89. The largest absolute Gasteiger partial charge is 0.493 e. The molecule has 5 rings (SSSR count). The molecule has 0 radical (unpaired) electrons. The number of hydrogen-bond acceptors (Lipinski definition) is 3. The lowest BCUT2D eigenvalue weighted by Gasteiger charge is -2.29. The van der Waals surface area contributed by atoms with Gasteiger partial charge < -0.3 is 15.0 Å². The van der Waals surface area contributed by atoms with E-state index in [-0.39, 0.29) is 0 Å². The first-order valence-electron chi connectivity index (χ1n) is 10.7. The van der Waals surface area contributed by atoms with Crippen LogP contribution in [-0.4, -0.2) is 32.3 Å². The van der Waals surface area contributed by atoms with Crippen LogP contribution in [0.2, 0.25) is 0 Å². The summed E-state index contributed by atoms with van der Waals surface area (Å²) in [5.74, 6) is 1.72. The number of fused-ring (bicyclic) bond motifs is 3. The Morgan fingerprint density at radius 2 is 1.96 bits per heavy atom. The Labute approximate surface area is 162 Å². The summed E-state index contributed by atoms with van der Waals surface area (Å²) >= 11 is 0. The Balaban J connectivity index is 1.72. The van der Waals surface area contributed by atoms with Gasteiger partial charge in [0.15, 0.2) is 0 Å². The molecule has 2 aromatic rings. The number of hydrogen-bond donors (Lipinski definition) is 1. The van der Waals surface area contributed by atoms with Crippen LogP contribution >= 0.6 is 0 Å². The van der Waals surface area contributed by atoms with E-state index in [4.69, 9.17) is 4.74 Å². The Hall–Kier alpha value is -2.00. The first kappa shape index (κ1) is 17.1. The second kappa shape index (κ2) is 7.20. The summed E-state index contributed by atoms with van der Waals surface area (Å²) in [7, 11) is 0. The van der Waals surface area contributed by atoms with E-state index in [0.29, 0.717) is 18.6 Å². The molecule has 0 spiro atoms. The topological polar surface area (TPSA) is 24.5 Å². The van der Waals surface area contributed by atoms with Gasteiger partial charge in [-0.05, 0) is 56.3 Å². The molecule has 0 saturated carbocycles. The molecule has 0 amide bonds. The second-order valence-corrected chi connectivity index (χ2v) is 8.12. The lowest BCUT2D eigenvalue weighted by Crippen LogP contribution is -2.35. The third-order valence-electron chi connectivity index (χ3n) is 6.66. The van der Waals surface area contributed by atoms with Gasteiger partial charge in [-0.2, -0.15) is 0 Å². The molecule has 0 bridgehead atoms. The van der Waals surface area contributed by atoms with Gasteiger partial charge in [0.25, 0.3) is 0 Å². The van der Waals surface area contributed by atoms with Crippen LogP contribution < -0.4 is 15.0 Å². The van der Waals surface area contributed by atoms with Crippen molar-refractivity contribution in [2.24, 2.45) is 0 Å². The van der Waals surface area contributed by atoms with Gasteiger partial charge in [0.05, 0.1) is 6.61 Å². The highest BCUT2D eigenvalue weighted by Gasteiger charge is 2.42. The van der Waals surface area contributed by atoms with Crippen molar-refractivity contribution < 1.29 is 4.74 Å². The molecule has 142 valence electrons. The third kappa shape index (κ3) is 2.84. The molecule has 1 aliphatic carbocycles. The third-order valence-corrected chi connectivity index (χ3v) is 6.66. The summed E-state index contributed by atoms with van der Waals surface area (Å²) in [4.78, 5) is 2.74. The van der Waals surface area contributed by atoms with Crippen molar-refractivity contribution in [3.8, 4) is 16.9 Å². The standard InChI is InChI=1S/C24H30N2O/c1-2-27-22-10-6-5-8-18(22)19-12-11-17-7-3-4-9-20-21-13-14-25-15-16-26(21)24(19)23(17)20/h5-6,8,10-12,20-21,25H,2-4,7,9,13-16H2,1H3. The molecular weight excluding hydrogens is 332 g/mol. The van der Waals surface area contributed by atoms with Crippen molar-refractivity contribution in [2.75, 3.05) is 31.1 Å². The zero-order chi connectivity index (χ0) is 18.2. The number of para-hydroxylation sites is 1. The molecule has 2 aromatic carbocycles. The van der Waals surface area contributed by atoms with Gasteiger partial charge in [-0.1, -0.05) is 36.8 Å². The summed E-state index contributed by atoms with van der Waals surface area (Å²) in [6.07, 6.45) is 6.54. The summed E-state index contributed by atoms with van der Waals surface area (Å²) < 4.78 is 6.00. The molecule has 1 N–H and O–H groups in total. The predicted octanol–water partition coefficient (Wildman–Crippen LogP) is 4.74. The SMILES string of the molecule is CCOc1ccccc1-c1ccc2c3c1N1CCNCCC1C3CCCC2. The quantitative estimate of drug-likeness (QED) is 0.853. The maximum Gasteiger partial charge on any atom is 0.127 e. The molecule has 27 heavy (non-hydrogen) atoms. The highest BCUT2D eigenvalue weighted by Crippen LogP contribution is 2.53. The summed E-state index contributed by atoms with van der Waals surface area (Å²) in [6.45, 7) is 6.11. The average molecular weight is 363 g/mol. The summed E-state index contributed by atoms with van der Waals surface area (Å²) in [5, 5.41) is 3.62. The molecule has 2 atom stereocenters. The fourth-order valence-electron chi connectivity index (χ4n) is 5.58. The van der Waals surface area contributed by atoms with Crippen molar-refractivity contribution in [3.63, 3.8) is 0 Å². The summed E-state index contributed by atoms with van der Waals surface area (Å²) in [6, 6.07) is 14.0. The van der Waals surface area contributed by atoms with E-state index in [2.05, 4.69) is 53.5 Å². The molecule has 0 aromatic heterocycles. The first-order valence-corrected chi connectivity index (χ1v) is 10.7. The molecule has 2 heterocycles. The van der Waals surface area contributed by atoms with Crippen LogP contribution in [0.3, 0.4) is 0 Å². The first-order chi connectivity index (χ1) is 13.4. The maximum absolute atomic E-state index is 6.00. The van der Waals surface area contributed by atoms with Gasteiger partial charge in [0, 0.05) is 41.9 Å². The summed E-state index contributed by atoms with van der Waals surface area (Å²) in [5.41, 5.74) is 7.40. The highest BCUT2D eigenvalue weighted by atomic mass is 16.5. The Morgan fingerprint density at radius 3 is 2.89 bits per heavy atom. The van der Waals surface area contributed by atoms with Crippen molar-refractivity contribution in [2.45, 2.75) is 51.0 Å². The lowest BCUT2D eigenvalue weighted by molar-refractivity contribution is 0.341. The molecule has 1 fully saturated rings. The van der Waals surface area contributed by atoms with Crippen LogP contribution in [0, 0.1) is 0 Å². The van der Waals surface area contributed by atoms with E-state index in [1.54, 1.807) is 11.1 Å². The smallest absolute Gasteiger partial charge is 0.127 e. The minimum Gasteiger partial charge on any atom is -0.493 e. The van der Waals surface area contributed by atoms with E-state index in [9.17, 15) is 0 Å². The monoisotopic (exact) mass is 362 g/mol. The number of nitrogens with zero attached hydrogens (tertiary/aromatic N) is 1. The van der Waals surface area contributed by atoms with Crippen molar-refractivity contribution in [1.29, 1.82) is 0 Å². The van der Waals surface area contributed by atoms with Crippen LogP contribution in [-0.2, 0) is 6.42 Å². The minimum atomic E-state index is 0.659. The van der Waals surface area contributed by atoms with Crippen molar-refractivity contribution in [3.05, 3.63) is 47.5 Å². The molecule has 3 nitrogen and oxygen atoms in total. The van der Waals surface area contributed by atoms with Crippen LogP contribution in [0.1, 0.15) is 49.7 Å². The lowest BCUT2D eigenvalue weighted by atomic mass is 9.86. The van der Waals surface area contributed by atoms with Gasteiger partial charge >= 0.3 is 0 Å². The Morgan fingerprint density at radius 1 is 1.04 bits per heavy atom. The number of nitrogens with one attached hydrogen (secondary N) is 1. The fraction of sp³-hybridized carbons (Fsp3) is 0.500. The molecular formula is C24H30N2O. The number of rotatable bonds is 3. The van der Waals surface area contributed by atoms with E-state index in [1.807, 2.05) is 0 Å². The zero-order valence-corrected chi connectivity index (χ0v) is 16.3. The molecule has 3 aliphatic rings. The van der Waals surface area contributed by atoms with E-state index >= 15 is 0 Å². The number of benzene rings is 2. The van der Waals surface area contributed by atoms with Crippen LogP contribution in [0.25, 0.3) is 11.1 Å². The Kier molecular flexibility index (Phi) is 4.56. The van der Waals surface area contributed by atoms with Gasteiger partial charge in [0.2, 0.25) is 0 Å². The molecule has 1 saturated heterocycles. The van der Waals surface area contributed by atoms with Crippen LogP contribution in [0.4, 0.5) is 5.69 Å². The second-order valence-electron chi connectivity index (χ2n) is 8.12. The fourth-order valence-corrected chi connectivity index (χ4v) is 5.58. The van der Waals surface area contributed by atoms with E-state index < -0.39 is 0 Å². The van der Waals surface area contributed by atoms with Crippen LogP contribution in [0.15, 0.2) is 36.4 Å². The van der Waals surface area contributed by atoms with Gasteiger partial charge in [-0.3, -0.25) is 0 Å². The molecule has 2 unspecified atom stereocenters. The van der Waals surface area contributed by atoms with Gasteiger partial charge in [0.1, 0.15) is 5.75 Å². The van der Waals surface area contributed by atoms with Crippen LogP contribution in [0.5, 0.6) is 5.75 Å². The predicted molar refractivity (Wildman–Crippen MR) is 112 cm³/mol. The van der Waals surface area contributed by atoms with E-state index in [0.717, 1.165) is 25.4 Å². The Bertz CT molecular complexity index is 831. The zero-order valence-electron chi connectivity index (χ0n) is 16.3. The van der Waals surface area contributed by atoms with Gasteiger partial charge in [-0.15, -0.1) is 0 Å². The molecule has 2 aliphatic heterocycles. The van der Waals surface area contributed by atoms with Gasteiger partial charge in [-0.25, -0.2) is 0 Å². The van der Waals surface area contributed by atoms with E-state index in [1.165, 1.54) is 48.9 Å². The number of anilines is 1. The highest BCUT2D eigenvalue weighted by molar-refractivity contribution is 5.87. The van der Waals surface area contributed by atoms with Crippen molar-refractivity contribution >= 4 is 5.69 Å². The minimum absolute atomic E-state index is 0.659. The normalized spacial score (nSPS) is 24.0. The molecule has 3 heteroatoms.